The van der Waals surface area contributed by atoms with Gasteiger partial charge in [0.15, 0.2) is 0 Å². The molecule has 4 N–H and O–H groups in total. The van der Waals surface area contributed by atoms with Crippen molar-refractivity contribution in [3.63, 3.8) is 0 Å². The van der Waals surface area contributed by atoms with Crippen molar-refractivity contribution in [3.05, 3.63) is 35.7 Å². The predicted molar refractivity (Wildman–Crippen MR) is 69.7 cm³/mol. The van der Waals surface area contributed by atoms with Crippen molar-refractivity contribution in [1.82, 2.24) is 10.2 Å². The number of aromatic amines is 1. The number of sulfonamides is 1. The first kappa shape index (κ1) is 12.4. The van der Waals surface area contributed by atoms with E-state index in [2.05, 4.69) is 14.9 Å². The molecule has 1 heterocycles. The van der Waals surface area contributed by atoms with Crippen LogP contribution in [0.3, 0.4) is 0 Å². The van der Waals surface area contributed by atoms with E-state index in [0.29, 0.717) is 17.1 Å². The van der Waals surface area contributed by atoms with Crippen molar-refractivity contribution in [3.8, 4) is 0 Å². The second-order valence-corrected chi connectivity index (χ2v) is 5.71. The monoisotopic (exact) mass is 266 g/mol. The Morgan fingerprint density at radius 2 is 2.06 bits per heavy atom. The fraction of sp³-hybridized carbons (Fsp3) is 0.182. The summed E-state index contributed by atoms with van der Waals surface area (Å²) in [5.41, 5.74) is 7.89. The van der Waals surface area contributed by atoms with Gasteiger partial charge in [-0.3, -0.25) is 9.82 Å². The zero-order chi connectivity index (χ0) is 13.3. The Bertz CT molecular complexity index is 676. The molecule has 2 aromatic rings. The Morgan fingerprint density at radius 1 is 1.33 bits per heavy atom. The van der Waals surface area contributed by atoms with Gasteiger partial charge in [0.2, 0.25) is 0 Å². The summed E-state index contributed by atoms with van der Waals surface area (Å²) >= 11 is 0. The van der Waals surface area contributed by atoms with Crippen molar-refractivity contribution in [2.45, 2.75) is 18.7 Å². The number of aromatic nitrogens is 2. The number of hydrogen-bond donors (Lipinski definition) is 3. The molecule has 0 radical (unpaired) electrons. The first-order chi connectivity index (χ1) is 8.40. The Balaban J connectivity index is 2.40. The van der Waals surface area contributed by atoms with E-state index < -0.39 is 10.0 Å². The van der Waals surface area contributed by atoms with E-state index in [1.807, 2.05) is 13.0 Å². The molecule has 0 fully saturated rings. The average Bonchev–Trinajstić information content (AvgIpc) is 2.70. The maximum atomic E-state index is 12.1. The molecule has 1 aromatic carbocycles. The highest BCUT2D eigenvalue weighted by molar-refractivity contribution is 7.92. The molecule has 96 valence electrons. The minimum atomic E-state index is -3.66. The van der Waals surface area contributed by atoms with Crippen LogP contribution in [0.15, 0.2) is 29.3 Å². The molecular formula is C11H14N4O2S. The minimum Gasteiger partial charge on any atom is -0.397 e. The van der Waals surface area contributed by atoms with Crippen LogP contribution in [0.2, 0.25) is 0 Å². The lowest BCUT2D eigenvalue weighted by molar-refractivity contribution is 0.600. The van der Waals surface area contributed by atoms with E-state index in [0.717, 1.165) is 5.56 Å². The largest absolute Gasteiger partial charge is 0.397 e. The number of anilines is 2. The molecule has 0 aliphatic heterocycles. The average molecular weight is 266 g/mol. The number of hydrogen-bond acceptors (Lipinski definition) is 4. The number of nitrogens with one attached hydrogen (secondary N) is 2. The Hall–Kier alpha value is -2.02. The molecule has 0 unspecified atom stereocenters. The molecular weight excluding hydrogens is 252 g/mol. The molecule has 0 spiro atoms. The summed E-state index contributed by atoms with van der Waals surface area (Å²) in [6.45, 7) is 3.50. The highest BCUT2D eigenvalue weighted by Crippen LogP contribution is 2.23. The first-order valence-electron chi connectivity index (χ1n) is 5.29. The first-order valence-corrected chi connectivity index (χ1v) is 6.77. The molecule has 1 aromatic heterocycles. The van der Waals surface area contributed by atoms with Crippen molar-refractivity contribution >= 4 is 21.4 Å². The molecule has 2 rings (SSSR count). The number of nitrogens with zero attached hydrogens (tertiary/aromatic N) is 1. The summed E-state index contributed by atoms with van der Waals surface area (Å²) < 4.78 is 26.7. The van der Waals surface area contributed by atoms with Crippen LogP contribution in [0.1, 0.15) is 11.3 Å². The SMILES string of the molecule is Cc1ccc(N)c(NS(=O)(=O)c2cn[nH]c2C)c1. The van der Waals surface area contributed by atoms with Crippen molar-refractivity contribution in [2.24, 2.45) is 0 Å². The van der Waals surface area contributed by atoms with Crippen LogP contribution in [0.25, 0.3) is 0 Å². The predicted octanol–water partition coefficient (Wildman–Crippen LogP) is 1.41. The van der Waals surface area contributed by atoms with E-state index in [9.17, 15) is 8.42 Å². The second kappa shape index (κ2) is 4.34. The van der Waals surface area contributed by atoms with Gasteiger partial charge in [-0.1, -0.05) is 6.07 Å². The van der Waals surface area contributed by atoms with Gasteiger partial charge in [-0.15, -0.1) is 0 Å². The van der Waals surface area contributed by atoms with Gasteiger partial charge in [-0.25, -0.2) is 8.42 Å². The van der Waals surface area contributed by atoms with Gasteiger partial charge in [0.25, 0.3) is 10.0 Å². The Labute approximate surface area is 105 Å². The zero-order valence-electron chi connectivity index (χ0n) is 10.1. The molecule has 0 amide bonds. The van der Waals surface area contributed by atoms with Crippen molar-refractivity contribution < 1.29 is 8.42 Å². The molecule has 0 aliphatic rings. The maximum absolute atomic E-state index is 12.1. The lowest BCUT2D eigenvalue weighted by Gasteiger charge is -2.10. The van der Waals surface area contributed by atoms with Gasteiger partial charge >= 0.3 is 0 Å². The van der Waals surface area contributed by atoms with Gasteiger partial charge in [-0.05, 0) is 31.5 Å². The Morgan fingerprint density at radius 3 is 2.67 bits per heavy atom. The van der Waals surface area contributed by atoms with E-state index in [1.54, 1.807) is 19.1 Å². The number of nitrogen functional groups attached to an aromatic ring is 1. The fourth-order valence-corrected chi connectivity index (χ4v) is 2.79. The fourth-order valence-electron chi connectivity index (χ4n) is 1.57. The summed E-state index contributed by atoms with van der Waals surface area (Å²) in [5, 5.41) is 6.28. The lowest BCUT2D eigenvalue weighted by Crippen LogP contribution is -2.14. The molecule has 0 saturated carbocycles. The van der Waals surface area contributed by atoms with Gasteiger partial charge < -0.3 is 5.73 Å². The van der Waals surface area contributed by atoms with Crippen molar-refractivity contribution in [1.29, 1.82) is 0 Å². The van der Waals surface area contributed by atoms with E-state index in [-0.39, 0.29) is 4.90 Å². The molecule has 0 aliphatic carbocycles. The normalized spacial score (nSPS) is 11.4. The van der Waals surface area contributed by atoms with Crippen LogP contribution in [-0.2, 0) is 10.0 Å². The van der Waals surface area contributed by atoms with Crippen LogP contribution < -0.4 is 10.5 Å². The van der Waals surface area contributed by atoms with Crippen LogP contribution in [-0.4, -0.2) is 18.6 Å². The molecule has 6 nitrogen and oxygen atoms in total. The minimum absolute atomic E-state index is 0.114. The maximum Gasteiger partial charge on any atom is 0.265 e. The molecule has 0 atom stereocenters. The third-order valence-corrected chi connectivity index (χ3v) is 4.01. The summed E-state index contributed by atoms with van der Waals surface area (Å²) in [4.78, 5) is 0.114. The number of rotatable bonds is 3. The van der Waals surface area contributed by atoms with Crippen LogP contribution in [0.4, 0.5) is 11.4 Å². The molecule has 18 heavy (non-hydrogen) atoms. The molecule has 7 heteroatoms. The highest BCUT2D eigenvalue weighted by atomic mass is 32.2. The molecule has 0 saturated heterocycles. The van der Waals surface area contributed by atoms with Gasteiger partial charge in [0.05, 0.1) is 23.3 Å². The quantitative estimate of drug-likeness (QED) is 0.731. The molecule has 0 bridgehead atoms. The van der Waals surface area contributed by atoms with E-state index in [4.69, 9.17) is 5.73 Å². The van der Waals surface area contributed by atoms with Gasteiger partial charge in [0, 0.05) is 0 Å². The lowest BCUT2D eigenvalue weighted by atomic mass is 10.2. The summed E-state index contributed by atoms with van der Waals surface area (Å²) in [6, 6.07) is 5.16. The number of nitrogens with two attached hydrogens (primary N) is 1. The summed E-state index contributed by atoms with van der Waals surface area (Å²) in [7, 11) is -3.66. The highest BCUT2D eigenvalue weighted by Gasteiger charge is 2.19. The smallest absolute Gasteiger partial charge is 0.265 e. The summed E-state index contributed by atoms with van der Waals surface area (Å²) in [6.07, 6.45) is 1.27. The van der Waals surface area contributed by atoms with Gasteiger partial charge in [0.1, 0.15) is 4.90 Å². The van der Waals surface area contributed by atoms with Crippen LogP contribution in [0, 0.1) is 13.8 Å². The number of benzene rings is 1. The van der Waals surface area contributed by atoms with E-state index in [1.165, 1.54) is 6.20 Å². The van der Waals surface area contributed by atoms with E-state index >= 15 is 0 Å². The standard InChI is InChI=1S/C11H14N4O2S/c1-7-3-4-9(12)10(5-7)15-18(16,17)11-6-13-14-8(11)2/h3-6,15H,12H2,1-2H3,(H,13,14). The topological polar surface area (TPSA) is 101 Å². The van der Waals surface area contributed by atoms with Crippen LogP contribution in [0.5, 0.6) is 0 Å². The van der Waals surface area contributed by atoms with Crippen LogP contribution >= 0.6 is 0 Å². The van der Waals surface area contributed by atoms with Gasteiger partial charge in [-0.2, -0.15) is 5.10 Å². The zero-order valence-corrected chi connectivity index (χ0v) is 10.9. The number of aryl methyl sites for hydroxylation is 2. The number of H-pyrrole nitrogens is 1. The van der Waals surface area contributed by atoms with Crippen molar-refractivity contribution in [2.75, 3.05) is 10.5 Å². The second-order valence-electron chi connectivity index (χ2n) is 4.06. The third kappa shape index (κ3) is 2.30. The Kier molecular flexibility index (Phi) is 3.00. The summed E-state index contributed by atoms with van der Waals surface area (Å²) in [5.74, 6) is 0. The third-order valence-electron chi connectivity index (χ3n) is 2.53.